The van der Waals surface area contributed by atoms with E-state index in [4.69, 9.17) is 4.74 Å². The van der Waals surface area contributed by atoms with Crippen LogP contribution in [0, 0.1) is 0 Å². The van der Waals surface area contributed by atoms with Crippen molar-refractivity contribution in [3.63, 3.8) is 0 Å². The molecule has 0 amide bonds. The molecular formula is C16H21NO2. The molecule has 0 radical (unpaired) electrons. The van der Waals surface area contributed by atoms with Gasteiger partial charge in [0.15, 0.2) is 0 Å². The Morgan fingerprint density at radius 1 is 1.26 bits per heavy atom. The van der Waals surface area contributed by atoms with Crippen molar-refractivity contribution < 1.29 is 9.53 Å². The molecule has 0 bridgehead atoms. The summed E-state index contributed by atoms with van der Waals surface area (Å²) in [7, 11) is 1.43. The Bertz CT molecular complexity index is 478. The van der Waals surface area contributed by atoms with E-state index in [-0.39, 0.29) is 5.97 Å². The minimum absolute atomic E-state index is 0.237. The fraction of sp³-hybridized carbons (Fsp3) is 0.562. The average Bonchev–Trinajstić information content (AvgIpc) is 2.90. The second-order valence-electron chi connectivity index (χ2n) is 5.57. The normalized spacial score (nSPS) is 19.3. The summed E-state index contributed by atoms with van der Waals surface area (Å²) in [6, 6.07) is 6.71. The van der Waals surface area contributed by atoms with Crippen LogP contribution < -0.4 is 4.90 Å². The number of carbonyl (C=O) groups excluding carboxylic acids is 1. The number of carbonyl (C=O) groups is 1. The first kappa shape index (κ1) is 12.5. The molecule has 3 rings (SSSR count). The van der Waals surface area contributed by atoms with Crippen molar-refractivity contribution in [1.29, 1.82) is 0 Å². The monoisotopic (exact) mass is 259 g/mol. The summed E-state index contributed by atoms with van der Waals surface area (Å²) >= 11 is 0. The third kappa shape index (κ3) is 2.34. The molecule has 1 fully saturated rings. The topological polar surface area (TPSA) is 29.5 Å². The minimum atomic E-state index is -0.237. The van der Waals surface area contributed by atoms with E-state index < -0.39 is 0 Å². The van der Waals surface area contributed by atoms with Gasteiger partial charge in [0.05, 0.1) is 12.7 Å². The molecule has 1 heterocycles. The summed E-state index contributed by atoms with van der Waals surface area (Å²) in [6.45, 7) is 1.10. The number of rotatable bonds is 2. The summed E-state index contributed by atoms with van der Waals surface area (Å²) in [5, 5.41) is 0. The van der Waals surface area contributed by atoms with Crippen LogP contribution in [-0.4, -0.2) is 25.7 Å². The standard InChI is InChI=1S/C16H21NO2/c1-19-16(18)13-7-8-15-12(11-13)9-10-17(15)14-5-3-2-4-6-14/h7-8,11,14H,2-6,9-10H2,1H3. The predicted octanol–water partition coefficient (Wildman–Crippen LogP) is 3.17. The maximum Gasteiger partial charge on any atom is 0.337 e. The first-order valence-corrected chi connectivity index (χ1v) is 7.27. The third-order valence-electron chi connectivity index (χ3n) is 4.45. The fourth-order valence-corrected chi connectivity index (χ4v) is 3.44. The summed E-state index contributed by atoms with van der Waals surface area (Å²) in [4.78, 5) is 14.1. The Morgan fingerprint density at radius 2 is 2.05 bits per heavy atom. The lowest BCUT2D eigenvalue weighted by atomic mass is 9.94. The molecule has 3 heteroatoms. The van der Waals surface area contributed by atoms with Gasteiger partial charge in [0.1, 0.15) is 0 Å². The van der Waals surface area contributed by atoms with Gasteiger partial charge in [0.2, 0.25) is 0 Å². The smallest absolute Gasteiger partial charge is 0.337 e. The van der Waals surface area contributed by atoms with Gasteiger partial charge in [0, 0.05) is 18.3 Å². The molecule has 0 spiro atoms. The van der Waals surface area contributed by atoms with Gasteiger partial charge in [-0.05, 0) is 43.0 Å². The van der Waals surface area contributed by atoms with Crippen molar-refractivity contribution in [3.05, 3.63) is 29.3 Å². The number of anilines is 1. The molecule has 0 N–H and O–H groups in total. The van der Waals surface area contributed by atoms with Gasteiger partial charge >= 0.3 is 5.97 Å². The van der Waals surface area contributed by atoms with Crippen molar-refractivity contribution in [3.8, 4) is 0 Å². The quantitative estimate of drug-likeness (QED) is 0.764. The molecule has 3 nitrogen and oxygen atoms in total. The molecule has 0 aromatic heterocycles. The maximum absolute atomic E-state index is 11.6. The van der Waals surface area contributed by atoms with E-state index in [0.29, 0.717) is 11.6 Å². The van der Waals surface area contributed by atoms with E-state index in [1.165, 1.54) is 50.5 Å². The zero-order chi connectivity index (χ0) is 13.2. The number of esters is 1. The maximum atomic E-state index is 11.6. The molecule has 0 saturated heterocycles. The zero-order valence-corrected chi connectivity index (χ0v) is 11.5. The summed E-state index contributed by atoms with van der Waals surface area (Å²) in [5.74, 6) is -0.237. The Hall–Kier alpha value is -1.51. The Labute approximate surface area is 114 Å². The summed E-state index contributed by atoms with van der Waals surface area (Å²) in [5.41, 5.74) is 3.31. The predicted molar refractivity (Wildman–Crippen MR) is 75.7 cm³/mol. The molecule has 0 atom stereocenters. The van der Waals surface area contributed by atoms with Crippen LogP contribution in [-0.2, 0) is 11.2 Å². The summed E-state index contributed by atoms with van der Waals surface area (Å²) in [6.07, 6.45) is 7.79. The largest absolute Gasteiger partial charge is 0.465 e. The number of hydrogen-bond donors (Lipinski definition) is 0. The van der Waals surface area contributed by atoms with Crippen LogP contribution in [0.15, 0.2) is 18.2 Å². The van der Waals surface area contributed by atoms with Gasteiger partial charge in [-0.3, -0.25) is 0 Å². The number of benzene rings is 1. The highest BCUT2D eigenvalue weighted by atomic mass is 16.5. The summed E-state index contributed by atoms with van der Waals surface area (Å²) < 4.78 is 4.79. The third-order valence-corrected chi connectivity index (χ3v) is 4.45. The van der Waals surface area contributed by atoms with Crippen LogP contribution in [0.2, 0.25) is 0 Å². The van der Waals surface area contributed by atoms with Crippen molar-refractivity contribution in [1.82, 2.24) is 0 Å². The highest BCUT2D eigenvalue weighted by Gasteiger charge is 2.27. The second kappa shape index (κ2) is 5.24. The van der Waals surface area contributed by atoms with Gasteiger partial charge < -0.3 is 9.64 Å². The lowest BCUT2D eigenvalue weighted by molar-refractivity contribution is 0.0600. The number of methoxy groups -OCH3 is 1. The molecule has 1 aromatic rings. The van der Waals surface area contributed by atoms with E-state index >= 15 is 0 Å². The second-order valence-corrected chi connectivity index (χ2v) is 5.57. The van der Waals surface area contributed by atoms with Crippen LogP contribution in [0.25, 0.3) is 0 Å². The van der Waals surface area contributed by atoms with Gasteiger partial charge in [0.25, 0.3) is 0 Å². The van der Waals surface area contributed by atoms with Crippen molar-refractivity contribution in [2.24, 2.45) is 0 Å². The van der Waals surface area contributed by atoms with Gasteiger partial charge in [-0.15, -0.1) is 0 Å². The highest BCUT2D eigenvalue weighted by Crippen LogP contribution is 2.34. The Balaban J connectivity index is 1.82. The lowest BCUT2D eigenvalue weighted by Crippen LogP contribution is -2.35. The Morgan fingerprint density at radius 3 is 2.79 bits per heavy atom. The first-order valence-electron chi connectivity index (χ1n) is 7.27. The minimum Gasteiger partial charge on any atom is -0.465 e. The number of ether oxygens (including phenoxy) is 1. The molecule has 1 saturated carbocycles. The molecule has 2 aliphatic rings. The fourth-order valence-electron chi connectivity index (χ4n) is 3.44. The number of nitrogens with zero attached hydrogens (tertiary/aromatic N) is 1. The van der Waals surface area contributed by atoms with E-state index in [1.807, 2.05) is 12.1 Å². The van der Waals surface area contributed by atoms with Crippen LogP contribution in [0.5, 0.6) is 0 Å². The zero-order valence-electron chi connectivity index (χ0n) is 11.5. The van der Waals surface area contributed by atoms with Crippen molar-refractivity contribution in [2.45, 2.75) is 44.6 Å². The average molecular weight is 259 g/mol. The lowest BCUT2D eigenvalue weighted by Gasteiger charge is -2.33. The molecule has 1 aliphatic carbocycles. The van der Waals surface area contributed by atoms with Crippen molar-refractivity contribution in [2.75, 3.05) is 18.6 Å². The van der Waals surface area contributed by atoms with Crippen LogP contribution in [0.3, 0.4) is 0 Å². The molecule has 1 aliphatic heterocycles. The molecule has 19 heavy (non-hydrogen) atoms. The van der Waals surface area contributed by atoms with Crippen molar-refractivity contribution >= 4 is 11.7 Å². The van der Waals surface area contributed by atoms with Crippen LogP contribution in [0.1, 0.15) is 48.0 Å². The SMILES string of the molecule is COC(=O)c1ccc2c(c1)CCN2C1CCCCC1. The van der Waals surface area contributed by atoms with Gasteiger partial charge in [-0.25, -0.2) is 4.79 Å². The van der Waals surface area contributed by atoms with Gasteiger partial charge in [-0.1, -0.05) is 19.3 Å². The highest BCUT2D eigenvalue weighted by molar-refractivity contribution is 5.90. The molecular weight excluding hydrogens is 238 g/mol. The van der Waals surface area contributed by atoms with E-state index in [0.717, 1.165) is 13.0 Å². The van der Waals surface area contributed by atoms with E-state index in [2.05, 4.69) is 11.0 Å². The number of hydrogen-bond acceptors (Lipinski definition) is 3. The Kier molecular flexibility index (Phi) is 3.45. The number of fused-ring (bicyclic) bond motifs is 1. The molecule has 0 unspecified atom stereocenters. The van der Waals surface area contributed by atoms with Crippen LogP contribution in [0.4, 0.5) is 5.69 Å². The first-order chi connectivity index (χ1) is 9.29. The van der Waals surface area contributed by atoms with Crippen LogP contribution >= 0.6 is 0 Å². The molecule has 1 aromatic carbocycles. The van der Waals surface area contributed by atoms with E-state index in [9.17, 15) is 4.79 Å². The molecule has 102 valence electrons. The van der Waals surface area contributed by atoms with E-state index in [1.54, 1.807) is 0 Å². The van der Waals surface area contributed by atoms with Gasteiger partial charge in [-0.2, -0.15) is 0 Å².